The molecule has 0 spiro atoms. The molecule has 0 bridgehead atoms. The number of nitrogens with zero attached hydrogens (tertiary/aromatic N) is 3. The summed E-state index contributed by atoms with van der Waals surface area (Å²) in [5, 5.41) is 0. The Morgan fingerprint density at radius 2 is 2.07 bits per heavy atom. The van der Waals surface area contributed by atoms with Crippen molar-refractivity contribution in [3.05, 3.63) is 18.0 Å². The number of aromatic nitrogens is 2. The third-order valence-corrected chi connectivity index (χ3v) is 2.33. The quantitative estimate of drug-likeness (QED) is 0.738. The normalized spacial score (nSPS) is 15.9. The van der Waals surface area contributed by atoms with Gasteiger partial charge in [-0.1, -0.05) is 13.8 Å². The first-order valence-corrected chi connectivity index (χ1v) is 4.94. The summed E-state index contributed by atoms with van der Waals surface area (Å²) < 4.78 is 4.80. The molecule has 1 aromatic heterocycles. The highest BCUT2D eigenvalue weighted by Crippen LogP contribution is 2.16. The van der Waals surface area contributed by atoms with Crippen molar-refractivity contribution in [2.75, 3.05) is 18.1 Å². The van der Waals surface area contributed by atoms with Crippen molar-refractivity contribution in [3.8, 4) is 0 Å². The fourth-order valence-electron chi connectivity index (χ4n) is 1.34. The molecule has 2 rings (SSSR count). The largest absolute Gasteiger partial charge is 0.447 e. The fourth-order valence-corrected chi connectivity index (χ4v) is 1.34. The molecule has 80 valence electrons. The maximum atomic E-state index is 11.2. The first-order chi connectivity index (χ1) is 7.18. The van der Waals surface area contributed by atoms with Crippen LogP contribution in [0.3, 0.4) is 0 Å². The summed E-state index contributed by atoms with van der Waals surface area (Å²) in [6.07, 6.45) is 3.13. The van der Waals surface area contributed by atoms with Crippen molar-refractivity contribution < 1.29 is 9.53 Å². The Morgan fingerprint density at radius 3 is 2.53 bits per heavy atom. The zero-order valence-electron chi connectivity index (χ0n) is 8.80. The number of carbonyl (C=O) groups is 1. The fraction of sp³-hybridized carbons (Fsp3) is 0.500. The van der Waals surface area contributed by atoms with Gasteiger partial charge in [-0.3, -0.25) is 0 Å². The Balaban J connectivity index is 2.19. The van der Waals surface area contributed by atoms with Crippen molar-refractivity contribution in [2.24, 2.45) is 0 Å². The molecule has 1 aliphatic rings. The molecule has 0 radical (unpaired) electrons. The van der Waals surface area contributed by atoms with Crippen LogP contribution in [0, 0.1) is 0 Å². The van der Waals surface area contributed by atoms with Crippen LogP contribution in [0.25, 0.3) is 0 Å². The van der Waals surface area contributed by atoms with Gasteiger partial charge >= 0.3 is 6.09 Å². The topological polar surface area (TPSA) is 55.3 Å². The van der Waals surface area contributed by atoms with Gasteiger partial charge in [0.2, 0.25) is 5.95 Å². The minimum atomic E-state index is -0.368. The first kappa shape index (κ1) is 9.89. The van der Waals surface area contributed by atoms with Crippen molar-refractivity contribution in [1.29, 1.82) is 0 Å². The lowest BCUT2D eigenvalue weighted by Gasteiger charge is -2.11. The number of anilines is 1. The van der Waals surface area contributed by atoms with E-state index >= 15 is 0 Å². The maximum Gasteiger partial charge on any atom is 0.416 e. The molecule has 0 unspecified atom stereocenters. The van der Waals surface area contributed by atoms with Crippen molar-refractivity contribution >= 4 is 12.0 Å². The van der Waals surface area contributed by atoms with E-state index in [0.29, 0.717) is 25.0 Å². The lowest BCUT2D eigenvalue weighted by atomic mass is 10.1. The lowest BCUT2D eigenvalue weighted by Crippen LogP contribution is -2.25. The van der Waals surface area contributed by atoms with E-state index < -0.39 is 0 Å². The van der Waals surface area contributed by atoms with Crippen LogP contribution < -0.4 is 4.90 Å². The van der Waals surface area contributed by atoms with Gasteiger partial charge in [0.05, 0.1) is 6.54 Å². The SMILES string of the molecule is CC(C)c1cnc(N2CCOC2=O)nc1. The van der Waals surface area contributed by atoms with Crippen LogP contribution in [-0.4, -0.2) is 29.2 Å². The van der Waals surface area contributed by atoms with Gasteiger partial charge in [0, 0.05) is 12.4 Å². The van der Waals surface area contributed by atoms with Crippen LogP contribution in [0.1, 0.15) is 25.3 Å². The molecular formula is C10H13N3O2. The lowest BCUT2D eigenvalue weighted by molar-refractivity contribution is 0.181. The predicted molar refractivity (Wildman–Crippen MR) is 54.8 cm³/mol. The summed E-state index contributed by atoms with van der Waals surface area (Å²) in [4.78, 5) is 20.9. The van der Waals surface area contributed by atoms with Crippen LogP contribution in [0.5, 0.6) is 0 Å². The van der Waals surface area contributed by atoms with E-state index in [-0.39, 0.29) is 6.09 Å². The molecule has 0 saturated carbocycles. The summed E-state index contributed by atoms with van der Waals surface area (Å²) in [6, 6.07) is 0. The predicted octanol–water partition coefficient (Wildman–Crippen LogP) is 1.56. The molecule has 1 aromatic rings. The summed E-state index contributed by atoms with van der Waals surface area (Å²) in [6.45, 7) is 5.08. The molecule has 1 aliphatic heterocycles. The minimum Gasteiger partial charge on any atom is -0.447 e. The van der Waals surface area contributed by atoms with Gasteiger partial charge in [-0.2, -0.15) is 0 Å². The Hall–Kier alpha value is -1.65. The number of rotatable bonds is 2. The van der Waals surface area contributed by atoms with Crippen LogP contribution in [0.4, 0.5) is 10.7 Å². The van der Waals surface area contributed by atoms with Crippen molar-refractivity contribution in [1.82, 2.24) is 9.97 Å². The van der Waals surface area contributed by atoms with Gasteiger partial charge in [-0.05, 0) is 11.5 Å². The van der Waals surface area contributed by atoms with E-state index in [9.17, 15) is 4.79 Å². The molecular weight excluding hydrogens is 194 g/mol. The molecule has 0 atom stereocenters. The number of cyclic esters (lactones) is 1. The van der Waals surface area contributed by atoms with E-state index in [4.69, 9.17) is 4.74 Å². The van der Waals surface area contributed by atoms with Crippen molar-refractivity contribution in [3.63, 3.8) is 0 Å². The second kappa shape index (κ2) is 3.84. The Kier molecular flexibility index (Phi) is 2.53. The van der Waals surface area contributed by atoms with Gasteiger partial charge in [0.1, 0.15) is 6.61 Å². The van der Waals surface area contributed by atoms with Gasteiger partial charge in [0.25, 0.3) is 0 Å². The molecule has 5 nitrogen and oxygen atoms in total. The summed E-state index contributed by atoms with van der Waals surface area (Å²) in [5.74, 6) is 0.812. The average Bonchev–Trinajstić information content (AvgIpc) is 2.65. The van der Waals surface area contributed by atoms with E-state index in [0.717, 1.165) is 5.56 Å². The van der Waals surface area contributed by atoms with Crippen LogP contribution in [0.2, 0.25) is 0 Å². The highest BCUT2D eigenvalue weighted by molar-refractivity contribution is 5.86. The van der Waals surface area contributed by atoms with E-state index in [1.54, 1.807) is 12.4 Å². The van der Waals surface area contributed by atoms with E-state index in [1.807, 2.05) is 0 Å². The van der Waals surface area contributed by atoms with Crippen LogP contribution in [-0.2, 0) is 4.74 Å². The molecule has 0 aliphatic carbocycles. The third kappa shape index (κ3) is 1.91. The molecule has 0 N–H and O–H groups in total. The Bertz CT molecular complexity index is 361. The monoisotopic (exact) mass is 207 g/mol. The zero-order valence-corrected chi connectivity index (χ0v) is 8.80. The summed E-state index contributed by atoms with van der Waals surface area (Å²) in [7, 11) is 0. The van der Waals surface area contributed by atoms with Gasteiger partial charge in [0.15, 0.2) is 0 Å². The Morgan fingerprint density at radius 1 is 1.40 bits per heavy atom. The summed E-state index contributed by atoms with van der Waals surface area (Å²) in [5.41, 5.74) is 1.06. The third-order valence-electron chi connectivity index (χ3n) is 2.33. The second-order valence-electron chi connectivity index (χ2n) is 3.74. The maximum absolute atomic E-state index is 11.2. The second-order valence-corrected chi connectivity index (χ2v) is 3.74. The van der Waals surface area contributed by atoms with Gasteiger partial charge in [-0.25, -0.2) is 19.7 Å². The smallest absolute Gasteiger partial charge is 0.416 e. The van der Waals surface area contributed by atoms with Gasteiger partial charge < -0.3 is 4.74 Å². The summed E-state index contributed by atoms with van der Waals surface area (Å²) >= 11 is 0. The molecule has 0 aromatic carbocycles. The number of hydrogen-bond acceptors (Lipinski definition) is 4. The molecule has 1 saturated heterocycles. The number of ether oxygens (including phenoxy) is 1. The van der Waals surface area contributed by atoms with Crippen LogP contribution in [0.15, 0.2) is 12.4 Å². The van der Waals surface area contributed by atoms with Gasteiger partial charge in [-0.15, -0.1) is 0 Å². The van der Waals surface area contributed by atoms with E-state index in [2.05, 4.69) is 23.8 Å². The molecule has 1 fully saturated rings. The highest BCUT2D eigenvalue weighted by atomic mass is 16.6. The highest BCUT2D eigenvalue weighted by Gasteiger charge is 2.25. The number of hydrogen-bond donors (Lipinski definition) is 0. The number of carbonyl (C=O) groups excluding carboxylic acids is 1. The minimum absolute atomic E-state index is 0.368. The standard InChI is InChI=1S/C10H13N3O2/c1-7(2)8-5-11-9(12-6-8)13-3-4-15-10(13)14/h5-7H,3-4H2,1-2H3. The number of amides is 1. The zero-order chi connectivity index (χ0) is 10.8. The molecule has 2 heterocycles. The Labute approximate surface area is 88.1 Å². The molecule has 5 heteroatoms. The first-order valence-electron chi connectivity index (χ1n) is 4.94. The van der Waals surface area contributed by atoms with Crippen molar-refractivity contribution in [2.45, 2.75) is 19.8 Å². The molecule has 15 heavy (non-hydrogen) atoms. The average molecular weight is 207 g/mol. The van der Waals surface area contributed by atoms with Crippen LogP contribution >= 0.6 is 0 Å². The van der Waals surface area contributed by atoms with E-state index in [1.165, 1.54) is 4.90 Å². The molecule has 1 amide bonds.